The summed E-state index contributed by atoms with van der Waals surface area (Å²) in [6, 6.07) is 15.3. The first-order valence-corrected chi connectivity index (χ1v) is 11.0. The Bertz CT molecular complexity index is 818. The summed E-state index contributed by atoms with van der Waals surface area (Å²) in [5, 5.41) is 20.6. The van der Waals surface area contributed by atoms with E-state index in [1.54, 1.807) is 12.1 Å². The fourth-order valence-corrected chi connectivity index (χ4v) is 4.40. The Hall–Kier alpha value is -1.88. The smallest absolute Gasteiger partial charge is 0.335 e. The number of carboxylic acid groups (broad SMARTS) is 1. The number of benzene rings is 2. The standard InChI is InChI=1S/C16H15ClO2.C9H19NO/c17-11-13-7-4-8-15(16(18)19)14(13)10-9-12-5-2-1-3-6-12;1-8(2)6-5-7-9(3,4)10(8)11/h1-8H,9-11H2,(H,18,19);11H,5-7H2,1-4H3. The third-order valence-corrected chi connectivity index (χ3v) is 6.17. The molecule has 0 unspecified atom stereocenters. The quantitative estimate of drug-likeness (QED) is 0.543. The monoisotopic (exact) mass is 431 g/mol. The summed E-state index contributed by atoms with van der Waals surface area (Å²) >= 11 is 5.90. The number of carbonyl (C=O) groups is 1. The molecule has 1 aliphatic heterocycles. The summed E-state index contributed by atoms with van der Waals surface area (Å²) in [6.07, 6.45) is 4.90. The largest absolute Gasteiger partial charge is 0.478 e. The average Bonchev–Trinajstić information content (AvgIpc) is 2.71. The number of rotatable bonds is 5. The minimum atomic E-state index is -0.893. The molecule has 0 aromatic heterocycles. The zero-order valence-electron chi connectivity index (χ0n) is 18.5. The zero-order chi connectivity index (χ0) is 22.4. The van der Waals surface area contributed by atoms with Crippen LogP contribution in [0.3, 0.4) is 0 Å². The van der Waals surface area contributed by atoms with E-state index in [2.05, 4.69) is 27.7 Å². The molecule has 1 aliphatic rings. The summed E-state index contributed by atoms with van der Waals surface area (Å²) in [6.45, 7) is 8.36. The van der Waals surface area contributed by atoms with Crippen molar-refractivity contribution in [2.24, 2.45) is 0 Å². The van der Waals surface area contributed by atoms with Crippen LogP contribution in [0.4, 0.5) is 0 Å². The van der Waals surface area contributed by atoms with E-state index in [0.29, 0.717) is 17.9 Å². The molecule has 3 rings (SSSR count). The molecule has 0 radical (unpaired) electrons. The first kappa shape index (κ1) is 24.4. The topological polar surface area (TPSA) is 60.8 Å². The average molecular weight is 432 g/mol. The highest BCUT2D eigenvalue weighted by atomic mass is 35.5. The van der Waals surface area contributed by atoms with Crippen molar-refractivity contribution in [2.45, 2.75) is 76.8 Å². The third kappa shape index (κ3) is 6.31. The van der Waals surface area contributed by atoms with Crippen molar-refractivity contribution >= 4 is 17.6 Å². The van der Waals surface area contributed by atoms with Crippen LogP contribution in [0.5, 0.6) is 0 Å². The molecule has 0 bridgehead atoms. The first-order chi connectivity index (χ1) is 14.1. The number of alkyl halides is 1. The van der Waals surface area contributed by atoms with Crippen LogP contribution in [0.2, 0.25) is 0 Å². The molecule has 0 atom stereocenters. The Kier molecular flexibility index (Phi) is 8.48. The van der Waals surface area contributed by atoms with Crippen LogP contribution in [0.25, 0.3) is 0 Å². The van der Waals surface area contributed by atoms with Crippen molar-refractivity contribution in [1.29, 1.82) is 0 Å². The highest BCUT2D eigenvalue weighted by molar-refractivity contribution is 6.17. The van der Waals surface area contributed by atoms with Gasteiger partial charge in [-0.05, 0) is 82.6 Å². The first-order valence-electron chi connectivity index (χ1n) is 10.5. The second-order valence-corrected chi connectivity index (χ2v) is 9.43. The molecule has 5 heteroatoms. The maximum Gasteiger partial charge on any atom is 0.335 e. The van der Waals surface area contributed by atoms with Crippen LogP contribution >= 0.6 is 11.6 Å². The van der Waals surface area contributed by atoms with Crippen molar-refractivity contribution in [3.63, 3.8) is 0 Å². The lowest BCUT2D eigenvalue weighted by molar-refractivity contribution is -0.241. The molecule has 1 heterocycles. The predicted octanol–water partition coefficient (Wildman–Crippen LogP) is 6.33. The van der Waals surface area contributed by atoms with Crippen molar-refractivity contribution in [3.8, 4) is 0 Å². The second kappa shape index (κ2) is 10.4. The molecule has 1 saturated heterocycles. The minimum Gasteiger partial charge on any atom is -0.478 e. The van der Waals surface area contributed by atoms with Gasteiger partial charge in [0.1, 0.15) is 0 Å². The molecule has 1 fully saturated rings. The van der Waals surface area contributed by atoms with Crippen LogP contribution in [0.1, 0.15) is 74.0 Å². The SMILES string of the molecule is CC1(C)CCCC(C)(C)N1O.O=C(O)c1cccc(CCl)c1CCc1ccccc1. The van der Waals surface area contributed by atoms with Crippen LogP contribution in [0.15, 0.2) is 48.5 Å². The predicted molar refractivity (Wildman–Crippen MR) is 122 cm³/mol. The van der Waals surface area contributed by atoms with Gasteiger partial charge in [-0.15, -0.1) is 11.6 Å². The normalized spacial score (nSPS) is 17.7. The number of aromatic carboxylic acids is 1. The van der Waals surface area contributed by atoms with E-state index in [0.717, 1.165) is 30.4 Å². The van der Waals surface area contributed by atoms with Gasteiger partial charge < -0.3 is 10.3 Å². The van der Waals surface area contributed by atoms with Gasteiger partial charge in [-0.2, -0.15) is 5.06 Å². The van der Waals surface area contributed by atoms with Crippen molar-refractivity contribution in [3.05, 3.63) is 70.8 Å². The van der Waals surface area contributed by atoms with Gasteiger partial charge in [0.25, 0.3) is 0 Å². The number of hydrogen-bond acceptors (Lipinski definition) is 3. The van der Waals surface area contributed by atoms with Crippen LogP contribution in [-0.2, 0) is 18.7 Å². The van der Waals surface area contributed by atoms with E-state index in [-0.39, 0.29) is 11.1 Å². The van der Waals surface area contributed by atoms with Gasteiger partial charge in [0.05, 0.1) is 5.56 Å². The van der Waals surface area contributed by atoms with E-state index in [4.69, 9.17) is 11.6 Å². The maximum atomic E-state index is 11.3. The molecule has 2 N–H and O–H groups in total. The molecule has 4 nitrogen and oxygen atoms in total. The minimum absolute atomic E-state index is 0.0399. The highest BCUT2D eigenvalue weighted by Crippen LogP contribution is 2.36. The molecule has 0 aliphatic carbocycles. The number of hydrogen-bond donors (Lipinski definition) is 2. The van der Waals surface area contributed by atoms with E-state index in [1.165, 1.54) is 17.0 Å². The number of piperidine rings is 1. The van der Waals surface area contributed by atoms with Gasteiger partial charge in [-0.3, -0.25) is 0 Å². The fourth-order valence-electron chi connectivity index (χ4n) is 4.15. The van der Waals surface area contributed by atoms with Crippen molar-refractivity contribution in [1.82, 2.24) is 5.06 Å². The lowest BCUT2D eigenvalue weighted by Crippen LogP contribution is -2.56. The van der Waals surface area contributed by atoms with Gasteiger partial charge in [-0.1, -0.05) is 42.5 Å². The summed E-state index contributed by atoms with van der Waals surface area (Å²) in [5.41, 5.74) is 3.22. The summed E-state index contributed by atoms with van der Waals surface area (Å²) in [7, 11) is 0. The number of hydroxylamine groups is 2. The second-order valence-electron chi connectivity index (χ2n) is 9.16. The van der Waals surface area contributed by atoms with E-state index in [1.807, 2.05) is 36.4 Å². The lowest BCUT2D eigenvalue weighted by Gasteiger charge is -2.48. The number of nitrogens with zero attached hydrogens (tertiary/aromatic N) is 1. The van der Waals surface area contributed by atoms with Crippen LogP contribution in [0, 0.1) is 0 Å². The van der Waals surface area contributed by atoms with Gasteiger partial charge in [-0.25, -0.2) is 4.79 Å². The lowest BCUT2D eigenvalue weighted by atomic mass is 9.82. The maximum absolute atomic E-state index is 11.3. The molecular formula is C25H34ClNO3. The summed E-state index contributed by atoms with van der Waals surface area (Å²) in [5.74, 6) is -0.555. The fraction of sp³-hybridized carbons (Fsp3) is 0.480. The summed E-state index contributed by atoms with van der Waals surface area (Å²) < 4.78 is 0. The molecule has 0 saturated carbocycles. The Labute approximate surface area is 185 Å². The van der Waals surface area contributed by atoms with E-state index in [9.17, 15) is 15.1 Å². The number of halogens is 1. The Balaban J connectivity index is 0.000000248. The number of carboxylic acids is 1. The third-order valence-electron chi connectivity index (χ3n) is 5.88. The Morgan fingerprint density at radius 2 is 1.57 bits per heavy atom. The highest BCUT2D eigenvalue weighted by Gasteiger charge is 2.40. The van der Waals surface area contributed by atoms with Gasteiger partial charge in [0.2, 0.25) is 0 Å². The van der Waals surface area contributed by atoms with Crippen LogP contribution in [-0.4, -0.2) is 32.4 Å². The van der Waals surface area contributed by atoms with E-state index >= 15 is 0 Å². The molecule has 30 heavy (non-hydrogen) atoms. The molecule has 0 amide bonds. The van der Waals surface area contributed by atoms with E-state index < -0.39 is 5.97 Å². The van der Waals surface area contributed by atoms with Gasteiger partial charge >= 0.3 is 5.97 Å². The molecule has 0 spiro atoms. The number of aryl methyl sites for hydroxylation is 1. The zero-order valence-corrected chi connectivity index (χ0v) is 19.2. The van der Waals surface area contributed by atoms with Gasteiger partial charge in [0, 0.05) is 17.0 Å². The molecule has 164 valence electrons. The Morgan fingerprint density at radius 3 is 2.07 bits per heavy atom. The summed E-state index contributed by atoms with van der Waals surface area (Å²) in [4.78, 5) is 11.3. The van der Waals surface area contributed by atoms with Crippen LogP contribution < -0.4 is 0 Å². The molecule has 2 aromatic carbocycles. The molecular weight excluding hydrogens is 398 g/mol. The Morgan fingerprint density at radius 1 is 0.967 bits per heavy atom. The molecule has 2 aromatic rings. The van der Waals surface area contributed by atoms with Crippen molar-refractivity contribution < 1.29 is 15.1 Å². The van der Waals surface area contributed by atoms with Crippen molar-refractivity contribution in [2.75, 3.05) is 0 Å². The van der Waals surface area contributed by atoms with Gasteiger partial charge in [0.15, 0.2) is 0 Å².